The number of anilines is 2. The highest BCUT2D eigenvalue weighted by Crippen LogP contribution is 2.30. The Balaban J connectivity index is 1.71. The fraction of sp³-hybridized carbons (Fsp3) is 0.263. The maximum Gasteiger partial charge on any atom is 0.169 e. The molecule has 0 amide bonds. The van der Waals surface area contributed by atoms with E-state index in [0.717, 1.165) is 5.69 Å². The normalized spacial score (nSPS) is 15.0. The van der Waals surface area contributed by atoms with Gasteiger partial charge in [-0.15, -0.1) is 0 Å². The third-order valence-electron chi connectivity index (χ3n) is 4.56. The molecule has 3 rings (SSSR count). The van der Waals surface area contributed by atoms with Gasteiger partial charge in [-0.2, -0.15) is 5.26 Å². The molecular weight excluding hydrogens is 341 g/mol. The van der Waals surface area contributed by atoms with Crippen LogP contribution in [0.5, 0.6) is 0 Å². The van der Waals surface area contributed by atoms with Crippen molar-refractivity contribution in [3.63, 3.8) is 0 Å². The lowest BCUT2D eigenvalue weighted by molar-refractivity contribution is 0.0896. The molecule has 0 aromatic heterocycles. The van der Waals surface area contributed by atoms with Crippen molar-refractivity contribution in [2.75, 3.05) is 23.7 Å². The first-order valence-corrected chi connectivity index (χ1v) is 8.41. The third-order valence-corrected chi connectivity index (χ3v) is 4.79. The van der Waals surface area contributed by atoms with Crippen molar-refractivity contribution >= 4 is 28.8 Å². The minimum Gasteiger partial charge on any atom is -0.397 e. The van der Waals surface area contributed by atoms with E-state index in [1.807, 2.05) is 6.07 Å². The van der Waals surface area contributed by atoms with Crippen LogP contribution in [0.3, 0.4) is 0 Å². The van der Waals surface area contributed by atoms with Crippen molar-refractivity contribution in [1.82, 2.24) is 0 Å². The number of hydrogen-bond donors (Lipinski definition) is 1. The molecule has 0 unspecified atom stereocenters. The fourth-order valence-corrected chi connectivity index (χ4v) is 3.37. The topological polar surface area (TPSA) is 70.1 Å². The second kappa shape index (κ2) is 7.12. The van der Waals surface area contributed by atoms with Crippen LogP contribution in [0.25, 0.3) is 0 Å². The SMILES string of the molecule is N#Cc1ccc(N2CCC(C(=O)c3cc(Cl)ccc3F)CC2)c(N)c1. The standard InChI is InChI=1S/C19H17ClFN3O/c20-14-2-3-16(21)15(10-14)19(25)13-5-7-24(8-6-13)18-4-1-12(11-22)9-17(18)23/h1-4,9-10,13H,5-8,23H2. The Hall–Kier alpha value is -2.58. The Labute approximate surface area is 150 Å². The highest BCUT2D eigenvalue weighted by atomic mass is 35.5. The van der Waals surface area contributed by atoms with Gasteiger partial charge in [0, 0.05) is 24.0 Å². The number of piperidine rings is 1. The maximum absolute atomic E-state index is 13.9. The van der Waals surface area contributed by atoms with Gasteiger partial charge in [0.05, 0.1) is 28.6 Å². The van der Waals surface area contributed by atoms with Gasteiger partial charge in [-0.1, -0.05) is 11.6 Å². The van der Waals surface area contributed by atoms with Crippen LogP contribution < -0.4 is 10.6 Å². The van der Waals surface area contributed by atoms with Crippen LogP contribution in [0.1, 0.15) is 28.8 Å². The van der Waals surface area contributed by atoms with Crippen LogP contribution in [-0.2, 0) is 0 Å². The summed E-state index contributed by atoms with van der Waals surface area (Å²) in [6.45, 7) is 1.30. The molecule has 0 bridgehead atoms. The fourth-order valence-electron chi connectivity index (χ4n) is 3.20. The molecule has 1 aliphatic rings. The summed E-state index contributed by atoms with van der Waals surface area (Å²) in [6.07, 6.45) is 1.23. The van der Waals surface area contributed by atoms with E-state index in [1.165, 1.54) is 18.2 Å². The molecule has 0 spiro atoms. The summed E-state index contributed by atoms with van der Waals surface area (Å²) in [7, 11) is 0. The number of rotatable bonds is 3. The summed E-state index contributed by atoms with van der Waals surface area (Å²) in [5.74, 6) is -0.968. The number of nitriles is 1. The van der Waals surface area contributed by atoms with Gasteiger partial charge in [0.1, 0.15) is 5.82 Å². The van der Waals surface area contributed by atoms with Crippen molar-refractivity contribution in [3.05, 3.63) is 58.4 Å². The number of hydrogen-bond acceptors (Lipinski definition) is 4. The molecule has 1 saturated heterocycles. The highest BCUT2D eigenvalue weighted by molar-refractivity contribution is 6.31. The Morgan fingerprint density at radius 2 is 1.96 bits per heavy atom. The van der Waals surface area contributed by atoms with Gasteiger partial charge in [-0.3, -0.25) is 4.79 Å². The molecule has 0 radical (unpaired) electrons. The number of Topliss-reactive ketones (excluding diaryl/α,β-unsaturated/α-hetero) is 1. The predicted octanol–water partition coefficient (Wildman–Crippen LogP) is 4.03. The molecule has 0 aliphatic carbocycles. The van der Waals surface area contributed by atoms with Gasteiger partial charge in [0.25, 0.3) is 0 Å². The van der Waals surface area contributed by atoms with E-state index in [1.54, 1.807) is 12.1 Å². The maximum atomic E-state index is 13.9. The lowest BCUT2D eigenvalue weighted by Crippen LogP contribution is -2.37. The van der Waals surface area contributed by atoms with Crippen molar-refractivity contribution in [3.8, 4) is 6.07 Å². The van der Waals surface area contributed by atoms with Gasteiger partial charge in [-0.05, 0) is 49.2 Å². The number of ketones is 1. The van der Waals surface area contributed by atoms with Crippen LogP contribution in [0.15, 0.2) is 36.4 Å². The van der Waals surface area contributed by atoms with Gasteiger partial charge < -0.3 is 10.6 Å². The molecule has 2 N–H and O–H groups in total. The van der Waals surface area contributed by atoms with Gasteiger partial charge >= 0.3 is 0 Å². The Morgan fingerprint density at radius 3 is 2.60 bits per heavy atom. The summed E-state index contributed by atoms with van der Waals surface area (Å²) >= 11 is 5.88. The summed E-state index contributed by atoms with van der Waals surface area (Å²) in [5, 5.41) is 9.27. The lowest BCUT2D eigenvalue weighted by Gasteiger charge is -2.33. The molecule has 6 heteroatoms. The number of nitrogens with two attached hydrogens (primary N) is 1. The average molecular weight is 358 g/mol. The average Bonchev–Trinajstić information content (AvgIpc) is 2.63. The van der Waals surface area contributed by atoms with Crippen LogP contribution >= 0.6 is 11.6 Å². The summed E-state index contributed by atoms with van der Waals surface area (Å²) in [4.78, 5) is 14.7. The largest absolute Gasteiger partial charge is 0.397 e. The van der Waals surface area contributed by atoms with Crippen molar-refractivity contribution < 1.29 is 9.18 Å². The summed E-state index contributed by atoms with van der Waals surface area (Å²) < 4.78 is 13.9. The van der Waals surface area contributed by atoms with E-state index in [0.29, 0.717) is 42.2 Å². The van der Waals surface area contributed by atoms with Crippen LogP contribution in [-0.4, -0.2) is 18.9 Å². The van der Waals surface area contributed by atoms with E-state index in [4.69, 9.17) is 22.6 Å². The molecule has 1 heterocycles. The third kappa shape index (κ3) is 3.59. The Bertz CT molecular complexity index is 854. The number of nitrogen functional groups attached to an aromatic ring is 1. The molecule has 0 atom stereocenters. The Morgan fingerprint density at radius 1 is 1.24 bits per heavy atom. The minimum atomic E-state index is -0.534. The quantitative estimate of drug-likeness (QED) is 0.665. The zero-order valence-corrected chi connectivity index (χ0v) is 14.3. The van der Waals surface area contributed by atoms with E-state index in [2.05, 4.69) is 11.0 Å². The van der Waals surface area contributed by atoms with E-state index in [9.17, 15) is 9.18 Å². The first kappa shape index (κ1) is 17.2. The molecule has 1 fully saturated rings. The molecular formula is C19H17ClFN3O. The van der Waals surface area contributed by atoms with Gasteiger partial charge in [-0.25, -0.2) is 4.39 Å². The second-order valence-electron chi connectivity index (χ2n) is 6.14. The highest BCUT2D eigenvalue weighted by Gasteiger charge is 2.28. The smallest absolute Gasteiger partial charge is 0.169 e. The van der Waals surface area contributed by atoms with Crippen molar-refractivity contribution in [1.29, 1.82) is 5.26 Å². The molecule has 2 aromatic carbocycles. The minimum absolute atomic E-state index is 0.0591. The number of benzene rings is 2. The zero-order valence-electron chi connectivity index (χ0n) is 13.5. The molecule has 2 aromatic rings. The van der Waals surface area contributed by atoms with Gasteiger partial charge in [0.15, 0.2) is 5.78 Å². The number of halogens is 2. The molecule has 25 heavy (non-hydrogen) atoms. The molecule has 1 aliphatic heterocycles. The number of nitrogens with zero attached hydrogens (tertiary/aromatic N) is 2. The first-order valence-electron chi connectivity index (χ1n) is 8.03. The Kier molecular flexibility index (Phi) is 4.91. The molecule has 4 nitrogen and oxygen atoms in total. The summed E-state index contributed by atoms with van der Waals surface area (Å²) in [5.41, 5.74) is 8.01. The lowest BCUT2D eigenvalue weighted by atomic mass is 9.88. The van der Waals surface area contributed by atoms with Crippen LogP contribution in [0.2, 0.25) is 5.02 Å². The predicted molar refractivity (Wildman–Crippen MR) is 96.2 cm³/mol. The molecule has 128 valence electrons. The van der Waals surface area contributed by atoms with E-state index in [-0.39, 0.29) is 17.3 Å². The number of carbonyl (C=O) groups is 1. The zero-order chi connectivity index (χ0) is 18.0. The van der Waals surface area contributed by atoms with Crippen molar-refractivity contribution in [2.45, 2.75) is 12.8 Å². The van der Waals surface area contributed by atoms with Crippen LogP contribution in [0, 0.1) is 23.1 Å². The van der Waals surface area contributed by atoms with Crippen molar-refractivity contribution in [2.24, 2.45) is 5.92 Å². The molecule has 0 saturated carbocycles. The number of carbonyl (C=O) groups excluding carboxylic acids is 1. The van der Waals surface area contributed by atoms with Crippen LogP contribution in [0.4, 0.5) is 15.8 Å². The first-order chi connectivity index (χ1) is 12.0. The monoisotopic (exact) mass is 357 g/mol. The summed E-state index contributed by atoms with van der Waals surface area (Å²) in [6, 6.07) is 11.3. The second-order valence-corrected chi connectivity index (χ2v) is 6.57. The van der Waals surface area contributed by atoms with E-state index >= 15 is 0 Å². The van der Waals surface area contributed by atoms with Gasteiger partial charge in [0.2, 0.25) is 0 Å². The van der Waals surface area contributed by atoms with E-state index < -0.39 is 5.82 Å².